The first-order chi connectivity index (χ1) is 7.76. The molecule has 0 unspecified atom stereocenters. The van der Waals surface area contributed by atoms with Gasteiger partial charge in [-0.3, -0.25) is 4.79 Å². The van der Waals surface area contributed by atoms with Gasteiger partial charge in [-0.15, -0.1) is 6.42 Å². The third-order valence-corrected chi connectivity index (χ3v) is 2.44. The van der Waals surface area contributed by atoms with Crippen LogP contribution in [0.25, 0.3) is 0 Å². The van der Waals surface area contributed by atoms with Crippen LogP contribution in [0.4, 0.5) is 0 Å². The number of aryl methyl sites for hydroxylation is 1. The van der Waals surface area contributed by atoms with Gasteiger partial charge in [-0.1, -0.05) is 18.1 Å². The summed E-state index contributed by atoms with van der Waals surface area (Å²) in [6.45, 7) is 0. The van der Waals surface area contributed by atoms with Gasteiger partial charge in [0.15, 0.2) is 0 Å². The number of hydrogen-bond acceptors (Lipinski definition) is 2. The van der Waals surface area contributed by atoms with Gasteiger partial charge >= 0.3 is 5.97 Å². The molecule has 0 fully saturated rings. The molecule has 2 heteroatoms. The number of benzene rings is 1. The van der Waals surface area contributed by atoms with Crippen molar-refractivity contribution in [1.29, 1.82) is 0 Å². The molecule has 1 aromatic rings. The summed E-state index contributed by atoms with van der Waals surface area (Å²) in [5, 5.41) is 0. The van der Waals surface area contributed by atoms with Crippen molar-refractivity contribution in [2.75, 3.05) is 7.11 Å². The number of carbonyl (C=O) groups is 1. The molecule has 0 spiro atoms. The summed E-state index contributed by atoms with van der Waals surface area (Å²) in [7, 11) is 1.42. The van der Waals surface area contributed by atoms with E-state index in [9.17, 15) is 4.79 Å². The minimum absolute atomic E-state index is 0.136. The van der Waals surface area contributed by atoms with Crippen LogP contribution in [0.2, 0.25) is 0 Å². The second-order valence-corrected chi connectivity index (χ2v) is 3.62. The van der Waals surface area contributed by atoms with Crippen LogP contribution in [-0.4, -0.2) is 13.1 Å². The van der Waals surface area contributed by atoms with Crippen molar-refractivity contribution in [1.82, 2.24) is 0 Å². The normalized spacial score (nSPS) is 9.50. The zero-order valence-corrected chi connectivity index (χ0v) is 9.53. The molecule has 0 aliphatic rings. The summed E-state index contributed by atoms with van der Waals surface area (Å²) in [5.41, 5.74) is 2.15. The van der Waals surface area contributed by atoms with Crippen LogP contribution in [0.3, 0.4) is 0 Å². The van der Waals surface area contributed by atoms with Gasteiger partial charge in [0, 0.05) is 12.0 Å². The van der Waals surface area contributed by atoms with E-state index in [-0.39, 0.29) is 5.97 Å². The van der Waals surface area contributed by atoms with E-state index in [0.29, 0.717) is 6.42 Å². The largest absolute Gasteiger partial charge is 0.469 e. The van der Waals surface area contributed by atoms with Crippen molar-refractivity contribution >= 4 is 5.97 Å². The SMILES string of the molecule is C#Cc1ccc(CCCCC(=O)OC)cc1. The number of methoxy groups -OCH3 is 1. The molecule has 0 amide bonds. The Hall–Kier alpha value is -1.75. The lowest BCUT2D eigenvalue weighted by Crippen LogP contribution is -1.99. The van der Waals surface area contributed by atoms with Crippen molar-refractivity contribution in [3.05, 3.63) is 35.4 Å². The van der Waals surface area contributed by atoms with Crippen molar-refractivity contribution < 1.29 is 9.53 Å². The summed E-state index contributed by atoms with van der Waals surface area (Å²) < 4.78 is 4.57. The molecule has 0 atom stereocenters. The number of rotatable bonds is 5. The highest BCUT2D eigenvalue weighted by Crippen LogP contribution is 2.08. The Balaban J connectivity index is 2.27. The molecular formula is C14H16O2. The maximum atomic E-state index is 10.9. The molecule has 16 heavy (non-hydrogen) atoms. The van der Waals surface area contributed by atoms with Crippen molar-refractivity contribution in [2.24, 2.45) is 0 Å². The predicted molar refractivity (Wildman–Crippen MR) is 63.9 cm³/mol. The van der Waals surface area contributed by atoms with E-state index in [0.717, 1.165) is 24.8 Å². The van der Waals surface area contributed by atoms with E-state index in [1.165, 1.54) is 12.7 Å². The lowest BCUT2D eigenvalue weighted by atomic mass is 10.1. The average Bonchev–Trinajstić information content (AvgIpc) is 2.35. The monoisotopic (exact) mass is 216 g/mol. The Morgan fingerprint density at radius 2 is 2.00 bits per heavy atom. The fraction of sp³-hybridized carbons (Fsp3) is 0.357. The lowest BCUT2D eigenvalue weighted by Gasteiger charge is -2.01. The van der Waals surface area contributed by atoms with E-state index >= 15 is 0 Å². The number of unbranched alkanes of at least 4 members (excludes halogenated alkanes) is 1. The molecule has 2 nitrogen and oxygen atoms in total. The summed E-state index contributed by atoms with van der Waals surface area (Å²) in [6, 6.07) is 7.95. The van der Waals surface area contributed by atoms with Crippen LogP contribution in [0.15, 0.2) is 24.3 Å². The molecule has 0 saturated carbocycles. The van der Waals surface area contributed by atoms with Crippen molar-refractivity contribution in [3.8, 4) is 12.3 Å². The van der Waals surface area contributed by atoms with E-state index in [4.69, 9.17) is 6.42 Å². The van der Waals surface area contributed by atoms with Crippen LogP contribution >= 0.6 is 0 Å². The van der Waals surface area contributed by atoms with Crippen molar-refractivity contribution in [2.45, 2.75) is 25.7 Å². The number of ether oxygens (including phenoxy) is 1. The van der Waals surface area contributed by atoms with Crippen LogP contribution in [0.1, 0.15) is 30.4 Å². The first-order valence-corrected chi connectivity index (χ1v) is 5.38. The first-order valence-electron chi connectivity index (χ1n) is 5.38. The zero-order valence-electron chi connectivity index (χ0n) is 9.53. The molecule has 0 bridgehead atoms. The Morgan fingerprint density at radius 1 is 1.31 bits per heavy atom. The highest BCUT2D eigenvalue weighted by atomic mass is 16.5. The maximum Gasteiger partial charge on any atom is 0.305 e. The molecule has 1 rings (SSSR count). The zero-order chi connectivity index (χ0) is 11.8. The molecular weight excluding hydrogens is 200 g/mol. The fourth-order valence-electron chi connectivity index (χ4n) is 1.47. The minimum atomic E-state index is -0.136. The van der Waals surface area contributed by atoms with Gasteiger partial charge in [-0.05, 0) is 37.0 Å². The number of carbonyl (C=O) groups excluding carboxylic acids is 1. The van der Waals surface area contributed by atoms with Gasteiger partial charge in [0.05, 0.1) is 7.11 Å². The van der Waals surface area contributed by atoms with Crippen LogP contribution < -0.4 is 0 Å². The number of terminal acetylenes is 1. The van der Waals surface area contributed by atoms with E-state index in [1.54, 1.807) is 0 Å². The van der Waals surface area contributed by atoms with Crippen LogP contribution in [0.5, 0.6) is 0 Å². The highest BCUT2D eigenvalue weighted by Gasteiger charge is 1.99. The number of hydrogen-bond donors (Lipinski definition) is 0. The third-order valence-electron chi connectivity index (χ3n) is 2.44. The lowest BCUT2D eigenvalue weighted by molar-refractivity contribution is -0.140. The molecule has 0 aliphatic carbocycles. The Morgan fingerprint density at radius 3 is 2.56 bits per heavy atom. The van der Waals surface area contributed by atoms with Crippen molar-refractivity contribution in [3.63, 3.8) is 0 Å². The molecule has 0 aromatic heterocycles. The van der Waals surface area contributed by atoms with Gasteiger partial charge in [0.1, 0.15) is 0 Å². The summed E-state index contributed by atoms with van der Waals surface area (Å²) in [4.78, 5) is 10.9. The number of esters is 1. The second kappa shape index (κ2) is 6.68. The summed E-state index contributed by atoms with van der Waals surface area (Å²) in [6.07, 6.45) is 8.60. The minimum Gasteiger partial charge on any atom is -0.469 e. The van der Waals surface area contributed by atoms with E-state index in [1.807, 2.05) is 24.3 Å². The molecule has 0 saturated heterocycles. The molecule has 1 aromatic carbocycles. The molecule has 0 aliphatic heterocycles. The predicted octanol–water partition coefficient (Wildman–Crippen LogP) is 2.55. The van der Waals surface area contributed by atoms with E-state index in [2.05, 4.69) is 10.7 Å². The van der Waals surface area contributed by atoms with Gasteiger partial charge in [0.25, 0.3) is 0 Å². The van der Waals surface area contributed by atoms with Gasteiger partial charge in [0.2, 0.25) is 0 Å². The standard InChI is InChI=1S/C14H16O2/c1-3-12-8-10-13(11-9-12)6-4-5-7-14(15)16-2/h1,8-11H,4-7H2,2H3. The van der Waals surface area contributed by atoms with Gasteiger partial charge in [-0.2, -0.15) is 0 Å². The molecule has 0 heterocycles. The fourth-order valence-corrected chi connectivity index (χ4v) is 1.47. The second-order valence-electron chi connectivity index (χ2n) is 3.62. The summed E-state index contributed by atoms with van der Waals surface area (Å²) in [5.74, 6) is 2.45. The third kappa shape index (κ3) is 4.18. The smallest absolute Gasteiger partial charge is 0.305 e. The Kier molecular flexibility index (Phi) is 5.15. The highest BCUT2D eigenvalue weighted by molar-refractivity contribution is 5.68. The molecule has 0 radical (unpaired) electrons. The van der Waals surface area contributed by atoms with Crippen LogP contribution in [0, 0.1) is 12.3 Å². The maximum absolute atomic E-state index is 10.9. The average molecular weight is 216 g/mol. The summed E-state index contributed by atoms with van der Waals surface area (Å²) >= 11 is 0. The molecule has 0 N–H and O–H groups in total. The Bertz CT molecular complexity index is 371. The van der Waals surface area contributed by atoms with E-state index < -0.39 is 0 Å². The Labute approximate surface area is 96.6 Å². The van der Waals surface area contributed by atoms with Crippen LogP contribution in [-0.2, 0) is 16.0 Å². The van der Waals surface area contributed by atoms with Gasteiger partial charge in [-0.25, -0.2) is 0 Å². The topological polar surface area (TPSA) is 26.3 Å². The molecule has 84 valence electrons. The quantitative estimate of drug-likeness (QED) is 0.429. The van der Waals surface area contributed by atoms with Gasteiger partial charge < -0.3 is 4.74 Å². The first kappa shape index (κ1) is 12.3.